The molecule has 0 aliphatic carbocycles. The van der Waals surface area contributed by atoms with Gasteiger partial charge < -0.3 is 25.0 Å². The molecule has 2 aliphatic heterocycles. The number of nitrogens with zero attached hydrogens (tertiary/aromatic N) is 3. The second kappa shape index (κ2) is 11.6. The third kappa shape index (κ3) is 5.87. The van der Waals surface area contributed by atoms with E-state index in [0.29, 0.717) is 56.2 Å². The van der Waals surface area contributed by atoms with Crippen molar-refractivity contribution in [1.29, 1.82) is 0 Å². The molecule has 0 saturated carbocycles. The number of hydrogen-bond acceptors (Lipinski definition) is 10. The predicted octanol–water partition coefficient (Wildman–Crippen LogP) is 4.02. The molecular formula is C29H30FN5O5S. The Morgan fingerprint density at radius 3 is 2.49 bits per heavy atom. The van der Waals surface area contributed by atoms with Crippen molar-refractivity contribution in [3.63, 3.8) is 0 Å². The van der Waals surface area contributed by atoms with Gasteiger partial charge >= 0.3 is 0 Å². The van der Waals surface area contributed by atoms with Gasteiger partial charge in [-0.3, -0.25) is 0 Å². The molecule has 0 unspecified atom stereocenters. The van der Waals surface area contributed by atoms with Crippen LogP contribution < -0.4 is 11.1 Å². The highest BCUT2D eigenvalue weighted by atomic mass is 32.2. The predicted molar refractivity (Wildman–Crippen MR) is 150 cm³/mol. The molecular weight excluding hydrogens is 549 g/mol. The Balaban J connectivity index is 1.20. The van der Waals surface area contributed by atoms with Gasteiger partial charge in [-0.2, -0.15) is 0 Å². The Hall–Kier alpha value is -3.71. The standard InChI is InChI=1S/C29H30FN5O5S/c30-24-13-18(15-32-20-7-10-39-17-20)1-6-23(24)25-14-27(40-35-25)28-29(31)33-16-26(34-28)19-2-4-21(5-3-19)41(36,37)22-8-11-38-12-9-22/h1-6,13-14,16,20,22,32H,7-12,15,17H2,(H2,31,33)/t20-/m0/s1. The van der Waals surface area contributed by atoms with E-state index in [0.717, 1.165) is 18.6 Å². The first-order valence-electron chi connectivity index (χ1n) is 13.5. The summed E-state index contributed by atoms with van der Waals surface area (Å²) in [5, 5.41) is 6.96. The normalized spacial score (nSPS) is 18.1. The molecule has 2 saturated heterocycles. The summed E-state index contributed by atoms with van der Waals surface area (Å²) in [5.41, 5.74) is 8.89. The van der Waals surface area contributed by atoms with Crippen LogP contribution in [-0.4, -0.2) is 61.3 Å². The minimum atomic E-state index is -3.45. The molecule has 41 heavy (non-hydrogen) atoms. The first kappa shape index (κ1) is 27.5. The van der Waals surface area contributed by atoms with Gasteiger partial charge in [0.2, 0.25) is 0 Å². The molecule has 4 aromatic rings. The van der Waals surface area contributed by atoms with Gasteiger partial charge in [0.25, 0.3) is 0 Å². The SMILES string of the molecule is Nc1ncc(-c2ccc(S(=O)(=O)C3CCOCC3)cc2)nc1-c1cc(-c2ccc(CN[C@H]3CCOC3)cc2F)no1. The van der Waals surface area contributed by atoms with Crippen LogP contribution in [0.2, 0.25) is 0 Å². The maximum absolute atomic E-state index is 15.0. The zero-order valence-electron chi connectivity index (χ0n) is 22.3. The summed E-state index contributed by atoms with van der Waals surface area (Å²) in [4.78, 5) is 9.10. The number of nitrogens with two attached hydrogens (primary N) is 1. The molecule has 0 amide bonds. The number of anilines is 1. The third-order valence-corrected chi connectivity index (χ3v) is 9.74. The van der Waals surface area contributed by atoms with Crippen LogP contribution in [0.3, 0.4) is 0 Å². The number of nitrogen functional groups attached to an aromatic ring is 1. The lowest BCUT2D eigenvalue weighted by Gasteiger charge is -2.22. The van der Waals surface area contributed by atoms with E-state index < -0.39 is 20.9 Å². The Morgan fingerprint density at radius 1 is 0.976 bits per heavy atom. The third-order valence-electron chi connectivity index (χ3n) is 7.46. The van der Waals surface area contributed by atoms with Gasteiger partial charge in [0.05, 0.1) is 28.6 Å². The maximum atomic E-state index is 15.0. The van der Waals surface area contributed by atoms with Gasteiger partial charge in [-0.25, -0.2) is 22.8 Å². The molecule has 12 heteroatoms. The number of sulfone groups is 1. The lowest BCUT2D eigenvalue weighted by Crippen LogP contribution is -2.28. The van der Waals surface area contributed by atoms with Gasteiger partial charge in [-0.15, -0.1) is 0 Å². The van der Waals surface area contributed by atoms with E-state index >= 15 is 4.39 Å². The maximum Gasteiger partial charge on any atom is 0.189 e. The van der Waals surface area contributed by atoms with Crippen LogP contribution in [0.15, 0.2) is 64.1 Å². The van der Waals surface area contributed by atoms with Crippen LogP contribution in [0.4, 0.5) is 10.2 Å². The molecule has 3 N–H and O–H groups in total. The highest BCUT2D eigenvalue weighted by molar-refractivity contribution is 7.92. The van der Waals surface area contributed by atoms with Gasteiger partial charge in [-0.05, 0) is 49.1 Å². The van der Waals surface area contributed by atoms with Crippen LogP contribution in [0, 0.1) is 5.82 Å². The number of nitrogens with one attached hydrogen (secondary N) is 1. The molecule has 0 spiro atoms. The Labute approximate surface area is 237 Å². The Kier molecular flexibility index (Phi) is 7.80. The molecule has 2 aromatic carbocycles. The van der Waals surface area contributed by atoms with Crippen molar-refractivity contribution < 1.29 is 26.8 Å². The summed E-state index contributed by atoms with van der Waals surface area (Å²) in [5.74, 6) is -0.0692. The molecule has 0 radical (unpaired) electrons. The highest BCUT2D eigenvalue weighted by Crippen LogP contribution is 2.32. The van der Waals surface area contributed by atoms with Crippen molar-refractivity contribution in [1.82, 2.24) is 20.4 Å². The summed E-state index contributed by atoms with van der Waals surface area (Å²) < 4.78 is 57.2. The van der Waals surface area contributed by atoms with Crippen molar-refractivity contribution in [2.45, 2.75) is 42.0 Å². The average Bonchev–Trinajstić information content (AvgIpc) is 3.70. The lowest BCUT2D eigenvalue weighted by molar-refractivity contribution is 0.0983. The number of halogens is 1. The molecule has 2 aromatic heterocycles. The quantitative estimate of drug-likeness (QED) is 0.314. The number of ether oxygens (including phenoxy) is 2. The topological polar surface area (TPSA) is 142 Å². The molecule has 1 atom stereocenters. The largest absolute Gasteiger partial charge is 0.382 e. The molecule has 2 aliphatic rings. The van der Waals surface area contributed by atoms with E-state index in [1.54, 1.807) is 36.4 Å². The molecule has 6 rings (SSSR count). The second-order valence-corrected chi connectivity index (χ2v) is 12.4. The van der Waals surface area contributed by atoms with Gasteiger partial charge in [0, 0.05) is 49.6 Å². The fourth-order valence-electron chi connectivity index (χ4n) is 5.06. The van der Waals surface area contributed by atoms with E-state index in [2.05, 4.69) is 20.4 Å². The van der Waals surface area contributed by atoms with Crippen LogP contribution in [-0.2, 0) is 25.9 Å². The number of hydrogen-bond donors (Lipinski definition) is 2. The Bertz CT molecular complexity index is 1630. The first-order valence-corrected chi connectivity index (χ1v) is 15.0. The zero-order chi connectivity index (χ0) is 28.4. The first-order chi connectivity index (χ1) is 19.9. The fraction of sp³-hybridized carbons (Fsp3) is 0.345. The van der Waals surface area contributed by atoms with E-state index in [-0.39, 0.29) is 33.8 Å². The molecule has 2 fully saturated rings. The smallest absolute Gasteiger partial charge is 0.189 e. The summed E-state index contributed by atoms with van der Waals surface area (Å²) >= 11 is 0. The molecule has 10 nitrogen and oxygen atoms in total. The number of aromatic nitrogens is 3. The van der Waals surface area contributed by atoms with Gasteiger partial charge in [0.15, 0.2) is 27.1 Å². The van der Waals surface area contributed by atoms with Crippen LogP contribution in [0.5, 0.6) is 0 Å². The monoisotopic (exact) mass is 579 g/mol. The summed E-state index contributed by atoms with van der Waals surface area (Å²) in [6, 6.07) is 13.4. The lowest BCUT2D eigenvalue weighted by atomic mass is 10.1. The number of benzene rings is 2. The summed E-state index contributed by atoms with van der Waals surface area (Å²) in [7, 11) is -3.45. The summed E-state index contributed by atoms with van der Waals surface area (Å²) in [6.07, 6.45) is 3.41. The Morgan fingerprint density at radius 2 is 1.76 bits per heavy atom. The van der Waals surface area contributed by atoms with Crippen molar-refractivity contribution in [3.05, 3.63) is 66.1 Å². The van der Waals surface area contributed by atoms with Gasteiger partial charge in [0.1, 0.15) is 11.5 Å². The van der Waals surface area contributed by atoms with E-state index in [1.807, 2.05) is 6.07 Å². The van der Waals surface area contributed by atoms with E-state index in [1.165, 1.54) is 12.3 Å². The minimum Gasteiger partial charge on any atom is -0.382 e. The van der Waals surface area contributed by atoms with Crippen molar-refractivity contribution in [2.24, 2.45) is 0 Å². The fourth-order valence-corrected chi connectivity index (χ4v) is 6.77. The highest BCUT2D eigenvalue weighted by Gasteiger charge is 2.29. The second-order valence-electron chi connectivity index (χ2n) is 10.2. The van der Waals surface area contributed by atoms with Gasteiger partial charge in [-0.1, -0.05) is 23.4 Å². The van der Waals surface area contributed by atoms with Crippen molar-refractivity contribution in [3.8, 4) is 34.0 Å². The minimum absolute atomic E-state index is 0.118. The molecule has 0 bridgehead atoms. The zero-order valence-corrected chi connectivity index (χ0v) is 23.1. The molecule has 4 heterocycles. The average molecular weight is 580 g/mol. The van der Waals surface area contributed by atoms with Crippen LogP contribution in [0.1, 0.15) is 24.8 Å². The summed E-state index contributed by atoms with van der Waals surface area (Å²) in [6.45, 7) is 2.84. The van der Waals surface area contributed by atoms with E-state index in [4.69, 9.17) is 19.7 Å². The van der Waals surface area contributed by atoms with Crippen LogP contribution >= 0.6 is 0 Å². The number of rotatable bonds is 8. The van der Waals surface area contributed by atoms with Crippen molar-refractivity contribution in [2.75, 3.05) is 32.2 Å². The van der Waals surface area contributed by atoms with E-state index in [9.17, 15) is 8.42 Å². The van der Waals surface area contributed by atoms with Crippen LogP contribution in [0.25, 0.3) is 34.0 Å². The molecule has 214 valence electrons. The van der Waals surface area contributed by atoms with Crippen molar-refractivity contribution >= 4 is 15.7 Å².